The van der Waals surface area contributed by atoms with Crippen molar-refractivity contribution in [2.45, 2.75) is 32.7 Å². The van der Waals surface area contributed by atoms with Crippen LogP contribution in [-0.4, -0.2) is 79.9 Å². The number of ether oxygens (including phenoxy) is 1. The highest BCUT2D eigenvalue weighted by molar-refractivity contribution is 5.80. The largest absolute Gasteiger partial charge is 0.379 e. The quantitative estimate of drug-likeness (QED) is 0.649. The summed E-state index contributed by atoms with van der Waals surface area (Å²) in [5.41, 5.74) is 2.18. The summed E-state index contributed by atoms with van der Waals surface area (Å²) in [7, 11) is 1.86. The van der Waals surface area contributed by atoms with E-state index in [-0.39, 0.29) is 0 Å². The number of hydrogen-bond acceptors (Lipinski definition) is 5. The zero-order valence-electron chi connectivity index (χ0n) is 15.0. The van der Waals surface area contributed by atoms with Gasteiger partial charge in [0.25, 0.3) is 0 Å². The number of nitrogens with zero attached hydrogens (tertiary/aromatic N) is 4. The summed E-state index contributed by atoms with van der Waals surface area (Å²) in [6, 6.07) is 0.620. The van der Waals surface area contributed by atoms with Gasteiger partial charge in [0.2, 0.25) is 0 Å². The fourth-order valence-corrected chi connectivity index (χ4v) is 3.67. The SMILES string of the molecule is CN=C(NCCc1c(C)noc1C)N1CCC(N2CCOCC2)C1. The van der Waals surface area contributed by atoms with E-state index in [2.05, 4.69) is 25.3 Å². The Bertz CT molecular complexity index is 546. The van der Waals surface area contributed by atoms with Gasteiger partial charge in [-0.05, 0) is 26.7 Å². The summed E-state index contributed by atoms with van der Waals surface area (Å²) >= 11 is 0. The van der Waals surface area contributed by atoms with E-state index >= 15 is 0 Å². The van der Waals surface area contributed by atoms with Crippen LogP contribution in [-0.2, 0) is 11.2 Å². The van der Waals surface area contributed by atoms with Crippen LogP contribution in [0, 0.1) is 13.8 Å². The Hall–Kier alpha value is -1.60. The van der Waals surface area contributed by atoms with E-state index in [4.69, 9.17) is 9.26 Å². The number of likely N-dealkylation sites (tertiary alicyclic amines) is 1. The first-order chi connectivity index (χ1) is 11.7. The molecule has 3 rings (SSSR count). The summed E-state index contributed by atoms with van der Waals surface area (Å²) in [5.74, 6) is 1.91. The Kier molecular flexibility index (Phi) is 5.73. The second-order valence-corrected chi connectivity index (χ2v) is 6.56. The molecule has 24 heavy (non-hydrogen) atoms. The smallest absolute Gasteiger partial charge is 0.193 e. The lowest BCUT2D eigenvalue weighted by Gasteiger charge is -2.32. The van der Waals surface area contributed by atoms with E-state index in [1.807, 2.05) is 20.9 Å². The Balaban J connectivity index is 1.48. The molecule has 2 fully saturated rings. The van der Waals surface area contributed by atoms with Gasteiger partial charge in [-0.2, -0.15) is 0 Å². The molecule has 2 aliphatic heterocycles. The first-order valence-electron chi connectivity index (χ1n) is 8.88. The lowest BCUT2D eigenvalue weighted by atomic mass is 10.1. The maximum atomic E-state index is 5.46. The molecule has 0 amide bonds. The Morgan fingerprint density at radius 3 is 2.75 bits per heavy atom. The minimum atomic E-state index is 0.620. The van der Waals surface area contributed by atoms with Gasteiger partial charge in [0.05, 0.1) is 18.9 Å². The van der Waals surface area contributed by atoms with E-state index in [9.17, 15) is 0 Å². The fraction of sp³-hybridized carbons (Fsp3) is 0.765. The molecular weight excluding hydrogens is 306 g/mol. The molecule has 0 aliphatic carbocycles. The molecule has 0 aromatic carbocycles. The van der Waals surface area contributed by atoms with Crippen LogP contribution in [0.1, 0.15) is 23.4 Å². The second-order valence-electron chi connectivity index (χ2n) is 6.56. The molecule has 134 valence electrons. The topological polar surface area (TPSA) is 66.1 Å². The minimum absolute atomic E-state index is 0.620. The third kappa shape index (κ3) is 3.89. The van der Waals surface area contributed by atoms with Gasteiger partial charge in [0.1, 0.15) is 5.76 Å². The van der Waals surface area contributed by atoms with E-state index in [1.165, 1.54) is 12.0 Å². The third-order valence-electron chi connectivity index (χ3n) is 5.08. The van der Waals surface area contributed by atoms with E-state index in [0.717, 1.165) is 69.8 Å². The fourth-order valence-electron chi connectivity index (χ4n) is 3.67. The van der Waals surface area contributed by atoms with E-state index in [1.54, 1.807) is 0 Å². The van der Waals surface area contributed by atoms with Crippen molar-refractivity contribution in [3.8, 4) is 0 Å². The maximum absolute atomic E-state index is 5.46. The van der Waals surface area contributed by atoms with E-state index in [0.29, 0.717) is 6.04 Å². The highest BCUT2D eigenvalue weighted by atomic mass is 16.5. The van der Waals surface area contributed by atoms with Gasteiger partial charge in [-0.1, -0.05) is 5.16 Å². The lowest BCUT2D eigenvalue weighted by Crippen LogP contribution is -2.46. The summed E-state index contributed by atoms with van der Waals surface area (Å²) < 4.78 is 10.7. The summed E-state index contributed by atoms with van der Waals surface area (Å²) in [4.78, 5) is 9.39. The van der Waals surface area contributed by atoms with Crippen LogP contribution >= 0.6 is 0 Å². The molecule has 1 aromatic rings. The zero-order chi connectivity index (χ0) is 16.9. The zero-order valence-corrected chi connectivity index (χ0v) is 15.0. The van der Waals surface area contributed by atoms with E-state index < -0.39 is 0 Å². The lowest BCUT2D eigenvalue weighted by molar-refractivity contribution is 0.0195. The van der Waals surface area contributed by atoms with Crippen molar-refractivity contribution >= 4 is 5.96 Å². The molecule has 2 saturated heterocycles. The molecule has 0 saturated carbocycles. The first kappa shape index (κ1) is 17.2. The predicted octanol–water partition coefficient (Wildman–Crippen LogP) is 0.816. The molecule has 0 spiro atoms. The molecule has 0 radical (unpaired) electrons. The van der Waals surface area contributed by atoms with Crippen molar-refractivity contribution in [3.05, 3.63) is 17.0 Å². The summed E-state index contributed by atoms with van der Waals surface area (Å²) in [5, 5.41) is 7.50. The number of hydrogen-bond donors (Lipinski definition) is 1. The molecule has 0 bridgehead atoms. The summed E-state index contributed by atoms with van der Waals surface area (Å²) in [6.45, 7) is 10.7. The van der Waals surface area contributed by atoms with Crippen LogP contribution in [0.15, 0.2) is 9.52 Å². The molecule has 7 heteroatoms. The average Bonchev–Trinajstić information content (AvgIpc) is 3.21. The van der Waals surface area contributed by atoms with Crippen LogP contribution in [0.4, 0.5) is 0 Å². The standard InChI is InChI=1S/C17H29N5O2/c1-13-16(14(2)24-20-13)4-6-19-17(18-3)22-7-5-15(12-22)21-8-10-23-11-9-21/h15H,4-12H2,1-3H3,(H,18,19). The normalized spacial score (nSPS) is 23.0. The van der Waals surface area contributed by atoms with Gasteiger partial charge >= 0.3 is 0 Å². The number of aliphatic imine (C=N–C) groups is 1. The number of aromatic nitrogens is 1. The average molecular weight is 335 g/mol. The maximum Gasteiger partial charge on any atom is 0.193 e. The second kappa shape index (κ2) is 7.98. The Morgan fingerprint density at radius 1 is 1.29 bits per heavy atom. The van der Waals surface area contributed by atoms with Crippen molar-refractivity contribution in [2.24, 2.45) is 4.99 Å². The van der Waals surface area contributed by atoms with Crippen LogP contribution in [0.2, 0.25) is 0 Å². The molecular formula is C17H29N5O2. The monoisotopic (exact) mass is 335 g/mol. The van der Waals surface area contributed by atoms with Gasteiger partial charge in [0.15, 0.2) is 5.96 Å². The first-order valence-corrected chi connectivity index (χ1v) is 8.88. The Labute approximate surface area is 144 Å². The molecule has 3 heterocycles. The minimum Gasteiger partial charge on any atom is -0.379 e. The number of guanidine groups is 1. The molecule has 7 nitrogen and oxygen atoms in total. The van der Waals surface area contributed by atoms with Crippen molar-refractivity contribution < 1.29 is 9.26 Å². The van der Waals surface area contributed by atoms with Crippen LogP contribution in [0.3, 0.4) is 0 Å². The molecule has 1 atom stereocenters. The molecule has 1 aromatic heterocycles. The molecule has 1 unspecified atom stereocenters. The number of aryl methyl sites for hydroxylation is 2. The number of morpholine rings is 1. The number of nitrogens with one attached hydrogen (secondary N) is 1. The van der Waals surface area contributed by atoms with Crippen LogP contribution < -0.4 is 5.32 Å². The predicted molar refractivity (Wildman–Crippen MR) is 93.4 cm³/mol. The van der Waals surface area contributed by atoms with Crippen LogP contribution in [0.5, 0.6) is 0 Å². The van der Waals surface area contributed by atoms with Gasteiger partial charge in [0, 0.05) is 51.4 Å². The summed E-state index contributed by atoms with van der Waals surface area (Å²) in [6.07, 6.45) is 2.10. The van der Waals surface area contributed by atoms with Crippen molar-refractivity contribution in [1.29, 1.82) is 0 Å². The van der Waals surface area contributed by atoms with Gasteiger partial charge in [-0.3, -0.25) is 9.89 Å². The molecule has 1 N–H and O–H groups in total. The van der Waals surface area contributed by atoms with Gasteiger partial charge in [-0.15, -0.1) is 0 Å². The van der Waals surface area contributed by atoms with Gasteiger partial charge < -0.3 is 19.5 Å². The van der Waals surface area contributed by atoms with Gasteiger partial charge in [-0.25, -0.2) is 0 Å². The third-order valence-corrected chi connectivity index (χ3v) is 5.08. The highest BCUT2D eigenvalue weighted by Crippen LogP contribution is 2.17. The number of rotatable bonds is 4. The van der Waals surface area contributed by atoms with Crippen molar-refractivity contribution in [3.63, 3.8) is 0 Å². The van der Waals surface area contributed by atoms with Crippen molar-refractivity contribution in [1.82, 2.24) is 20.3 Å². The molecule has 2 aliphatic rings. The Morgan fingerprint density at radius 2 is 2.08 bits per heavy atom. The van der Waals surface area contributed by atoms with Crippen LogP contribution in [0.25, 0.3) is 0 Å². The highest BCUT2D eigenvalue weighted by Gasteiger charge is 2.30. The van der Waals surface area contributed by atoms with Crippen molar-refractivity contribution in [2.75, 3.05) is 53.0 Å².